The summed E-state index contributed by atoms with van der Waals surface area (Å²) in [6.45, 7) is 0. The Kier molecular flexibility index (Phi) is 4.25. The molecule has 0 saturated carbocycles. The molecule has 3 aromatic carbocycles. The third kappa shape index (κ3) is 2.82. The number of carbonyl (C=O) groups excluding carboxylic acids is 2. The van der Waals surface area contributed by atoms with Crippen LogP contribution in [0.15, 0.2) is 70.0 Å². The average Bonchev–Trinajstić information content (AvgIpc) is 2.66. The normalized spacial score (nSPS) is 19.0. The number of ketones is 2. The highest BCUT2D eigenvalue weighted by molar-refractivity contribution is 9.10. The van der Waals surface area contributed by atoms with E-state index in [1.54, 1.807) is 24.3 Å². The highest BCUT2D eigenvalue weighted by Crippen LogP contribution is 2.32. The standard InChI is InChI=1S/C20H14BrNO4S/c1-22-18(19(23)14-7-6-12-4-2-3-5-13(12)10-14)20(24)16-9-8-15(21)11-17(16)27(22,25)26/h2-11,18H,1H3. The van der Waals surface area contributed by atoms with Gasteiger partial charge in [-0.2, -0.15) is 4.31 Å². The van der Waals surface area contributed by atoms with Crippen molar-refractivity contribution < 1.29 is 18.0 Å². The molecule has 0 fully saturated rings. The Labute approximate surface area is 164 Å². The molecule has 27 heavy (non-hydrogen) atoms. The second-order valence-electron chi connectivity index (χ2n) is 6.35. The molecule has 3 aromatic rings. The SMILES string of the molecule is CN1C(C(=O)c2ccc3ccccc3c2)C(=O)c2ccc(Br)cc2S1(=O)=O. The number of likely N-dealkylation sites (N-methyl/N-ethyl adjacent to an activating group) is 1. The first kappa shape index (κ1) is 18.0. The van der Waals surface area contributed by atoms with Crippen molar-refractivity contribution in [2.75, 3.05) is 7.05 Å². The summed E-state index contributed by atoms with van der Waals surface area (Å²) in [7, 11) is -2.69. The largest absolute Gasteiger partial charge is 0.292 e. The summed E-state index contributed by atoms with van der Waals surface area (Å²) in [4.78, 5) is 26.0. The minimum atomic E-state index is -3.96. The summed E-state index contributed by atoms with van der Waals surface area (Å²) in [6.07, 6.45) is 0. The lowest BCUT2D eigenvalue weighted by Crippen LogP contribution is -2.51. The fourth-order valence-corrected chi connectivity index (χ4v) is 5.32. The Hall–Kier alpha value is -2.35. The number of halogens is 1. The molecule has 0 aliphatic carbocycles. The average molecular weight is 444 g/mol. The van der Waals surface area contributed by atoms with Gasteiger partial charge >= 0.3 is 0 Å². The molecule has 4 rings (SSSR count). The zero-order chi connectivity index (χ0) is 19.3. The first-order chi connectivity index (χ1) is 12.8. The Bertz CT molecular complexity index is 1220. The first-order valence-electron chi connectivity index (χ1n) is 8.15. The van der Waals surface area contributed by atoms with Crippen molar-refractivity contribution in [2.45, 2.75) is 10.9 Å². The molecule has 7 heteroatoms. The van der Waals surface area contributed by atoms with Crippen LogP contribution in [0.25, 0.3) is 10.8 Å². The van der Waals surface area contributed by atoms with Gasteiger partial charge in [-0.3, -0.25) is 9.59 Å². The summed E-state index contributed by atoms with van der Waals surface area (Å²) in [5, 5.41) is 1.81. The fraction of sp³-hybridized carbons (Fsp3) is 0.100. The van der Waals surface area contributed by atoms with Crippen molar-refractivity contribution in [2.24, 2.45) is 0 Å². The maximum atomic E-state index is 13.1. The number of benzene rings is 3. The second kappa shape index (κ2) is 6.37. The molecule has 0 bridgehead atoms. The zero-order valence-corrected chi connectivity index (χ0v) is 16.6. The highest BCUT2D eigenvalue weighted by atomic mass is 79.9. The number of carbonyl (C=O) groups is 2. The Morgan fingerprint density at radius 3 is 2.44 bits per heavy atom. The minimum absolute atomic E-state index is 0.0374. The van der Waals surface area contributed by atoms with Crippen LogP contribution in [-0.4, -0.2) is 37.4 Å². The van der Waals surface area contributed by atoms with E-state index < -0.39 is 27.6 Å². The van der Waals surface area contributed by atoms with E-state index >= 15 is 0 Å². The molecule has 0 N–H and O–H groups in total. The number of rotatable bonds is 2. The van der Waals surface area contributed by atoms with Gasteiger partial charge in [-0.25, -0.2) is 8.42 Å². The Morgan fingerprint density at radius 1 is 1.00 bits per heavy atom. The molecular weight excluding hydrogens is 430 g/mol. The van der Waals surface area contributed by atoms with Crippen LogP contribution in [-0.2, 0) is 10.0 Å². The van der Waals surface area contributed by atoms with Crippen LogP contribution in [0.2, 0.25) is 0 Å². The topological polar surface area (TPSA) is 71.5 Å². The third-order valence-corrected chi connectivity index (χ3v) is 7.12. The lowest BCUT2D eigenvalue weighted by atomic mass is 9.94. The molecule has 1 aliphatic heterocycles. The van der Waals surface area contributed by atoms with Crippen LogP contribution in [0.3, 0.4) is 0 Å². The Morgan fingerprint density at radius 2 is 1.70 bits per heavy atom. The van der Waals surface area contributed by atoms with Crippen molar-refractivity contribution >= 4 is 48.3 Å². The smallest absolute Gasteiger partial charge is 0.244 e. The molecule has 136 valence electrons. The predicted octanol–water partition coefficient (Wildman–Crippen LogP) is 3.67. The van der Waals surface area contributed by atoms with Crippen LogP contribution < -0.4 is 0 Å². The van der Waals surface area contributed by atoms with E-state index in [2.05, 4.69) is 15.9 Å². The molecule has 1 unspecified atom stereocenters. The molecule has 1 aliphatic rings. The maximum Gasteiger partial charge on any atom is 0.244 e. The number of hydrogen-bond acceptors (Lipinski definition) is 4. The van der Waals surface area contributed by atoms with Gasteiger partial charge in [0, 0.05) is 22.6 Å². The highest BCUT2D eigenvalue weighted by Gasteiger charge is 2.45. The molecular formula is C20H14BrNO4S. The van der Waals surface area contributed by atoms with E-state index in [1.807, 2.05) is 24.3 Å². The summed E-state index contributed by atoms with van der Waals surface area (Å²) in [6, 6.07) is 15.6. The van der Waals surface area contributed by atoms with Gasteiger partial charge in [-0.1, -0.05) is 52.3 Å². The van der Waals surface area contributed by atoms with Crippen LogP contribution >= 0.6 is 15.9 Å². The summed E-state index contributed by atoms with van der Waals surface area (Å²) >= 11 is 3.22. The third-order valence-electron chi connectivity index (χ3n) is 4.76. The molecule has 5 nitrogen and oxygen atoms in total. The van der Waals surface area contributed by atoms with E-state index in [4.69, 9.17) is 0 Å². The summed E-state index contributed by atoms with van der Waals surface area (Å²) in [5.41, 5.74) is 0.338. The molecule has 1 atom stereocenters. The van der Waals surface area contributed by atoms with E-state index in [0.29, 0.717) is 10.0 Å². The van der Waals surface area contributed by atoms with Crippen molar-refractivity contribution in [1.29, 1.82) is 0 Å². The molecule has 1 heterocycles. The molecule has 0 aromatic heterocycles. The Balaban J connectivity index is 1.84. The van der Waals surface area contributed by atoms with Crippen molar-refractivity contribution in [3.05, 3.63) is 76.3 Å². The number of sulfonamides is 1. The van der Waals surface area contributed by atoms with Gasteiger partial charge < -0.3 is 0 Å². The van der Waals surface area contributed by atoms with Gasteiger partial charge in [-0.15, -0.1) is 0 Å². The van der Waals surface area contributed by atoms with Gasteiger partial charge in [0.25, 0.3) is 0 Å². The minimum Gasteiger partial charge on any atom is -0.292 e. The monoisotopic (exact) mass is 443 g/mol. The van der Waals surface area contributed by atoms with E-state index in [9.17, 15) is 18.0 Å². The summed E-state index contributed by atoms with van der Waals surface area (Å²) in [5.74, 6) is -1.06. The zero-order valence-electron chi connectivity index (χ0n) is 14.2. The quantitative estimate of drug-likeness (QED) is 0.447. The molecule has 0 saturated heterocycles. The van der Waals surface area contributed by atoms with Gasteiger partial charge in [0.1, 0.15) is 0 Å². The lowest BCUT2D eigenvalue weighted by Gasteiger charge is -2.31. The van der Waals surface area contributed by atoms with Crippen LogP contribution in [0, 0.1) is 0 Å². The van der Waals surface area contributed by atoms with Crippen LogP contribution in [0.1, 0.15) is 20.7 Å². The van der Waals surface area contributed by atoms with Crippen molar-refractivity contribution in [3.63, 3.8) is 0 Å². The van der Waals surface area contributed by atoms with E-state index in [1.165, 1.54) is 19.2 Å². The lowest BCUT2D eigenvalue weighted by molar-refractivity contribution is 0.0784. The number of nitrogens with zero attached hydrogens (tertiary/aromatic N) is 1. The van der Waals surface area contributed by atoms with E-state index in [-0.39, 0.29) is 10.5 Å². The van der Waals surface area contributed by atoms with Gasteiger partial charge in [0.2, 0.25) is 10.0 Å². The van der Waals surface area contributed by atoms with Crippen molar-refractivity contribution in [1.82, 2.24) is 4.31 Å². The van der Waals surface area contributed by atoms with E-state index in [0.717, 1.165) is 15.1 Å². The molecule has 0 amide bonds. The van der Waals surface area contributed by atoms with Gasteiger partial charge in [-0.05, 0) is 35.0 Å². The number of Topliss-reactive ketones (excluding diaryl/α,β-unsaturated/α-hetero) is 2. The fourth-order valence-electron chi connectivity index (χ4n) is 3.30. The molecule has 0 spiro atoms. The van der Waals surface area contributed by atoms with Crippen molar-refractivity contribution in [3.8, 4) is 0 Å². The second-order valence-corrected chi connectivity index (χ2v) is 9.24. The molecule has 0 radical (unpaired) electrons. The number of hydrogen-bond donors (Lipinski definition) is 0. The number of fused-ring (bicyclic) bond motifs is 2. The van der Waals surface area contributed by atoms with Crippen LogP contribution in [0.5, 0.6) is 0 Å². The summed E-state index contributed by atoms with van der Waals surface area (Å²) < 4.78 is 27.1. The maximum absolute atomic E-state index is 13.1. The van der Waals surface area contributed by atoms with Gasteiger partial charge in [0.15, 0.2) is 17.6 Å². The van der Waals surface area contributed by atoms with Crippen LogP contribution in [0.4, 0.5) is 0 Å². The predicted molar refractivity (Wildman–Crippen MR) is 105 cm³/mol. The van der Waals surface area contributed by atoms with Gasteiger partial charge in [0.05, 0.1) is 4.90 Å². The first-order valence-corrected chi connectivity index (χ1v) is 10.4.